The molecule has 5 nitrogen and oxygen atoms in total. The molecule has 0 aliphatic carbocycles. The quantitative estimate of drug-likeness (QED) is 0.691. The van der Waals surface area contributed by atoms with E-state index in [0.717, 1.165) is 5.56 Å². The van der Waals surface area contributed by atoms with E-state index in [9.17, 15) is 9.59 Å². The summed E-state index contributed by atoms with van der Waals surface area (Å²) in [6, 6.07) is 9.38. The molecule has 1 aromatic rings. The Kier molecular flexibility index (Phi) is 7.43. The number of amides is 2. The van der Waals surface area contributed by atoms with Gasteiger partial charge in [-0.05, 0) is 31.2 Å². The Morgan fingerprint density at radius 1 is 1.09 bits per heavy atom. The molecule has 1 aromatic carbocycles. The molecular weight excluding hydrogens is 280 g/mol. The minimum Gasteiger partial charge on any atom is -0.481 e. The van der Waals surface area contributed by atoms with Crippen LogP contribution >= 0.6 is 0 Å². The van der Waals surface area contributed by atoms with Crippen LogP contribution in [0.2, 0.25) is 0 Å². The molecule has 22 heavy (non-hydrogen) atoms. The highest BCUT2D eigenvalue weighted by Gasteiger charge is 2.17. The topological polar surface area (TPSA) is 78.4 Å². The molecule has 5 heteroatoms. The summed E-state index contributed by atoms with van der Waals surface area (Å²) in [5.74, 6) is -0.506. The van der Waals surface area contributed by atoms with Gasteiger partial charge in [-0.3, -0.25) is 4.79 Å². The lowest BCUT2D eigenvalue weighted by atomic mass is 10.0. The zero-order valence-corrected chi connectivity index (χ0v) is 13.5. The molecule has 0 heterocycles. The third kappa shape index (κ3) is 7.11. The van der Waals surface area contributed by atoms with Gasteiger partial charge in [0.2, 0.25) is 0 Å². The van der Waals surface area contributed by atoms with E-state index in [-0.39, 0.29) is 24.5 Å². The molecule has 3 N–H and O–H groups in total. The predicted molar refractivity (Wildman–Crippen MR) is 86.8 cm³/mol. The Balaban J connectivity index is 2.61. The number of benzene rings is 1. The minimum atomic E-state index is -0.851. The second-order valence-corrected chi connectivity index (χ2v) is 5.97. The summed E-state index contributed by atoms with van der Waals surface area (Å²) in [4.78, 5) is 22.8. The van der Waals surface area contributed by atoms with Gasteiger partial charge in [-0.25, -0.2) is 4.79 Å². The van der Waals surface area contributed by atoms with Crippen LogP contribution in [0.1, 0.15) is 39.2 Å². The molecule has 0 aliphatic rings. The van der Waals surface area contributed by atoms with Crippen molar-refractivity contribution in [1.29, 1.82) is 0 Å². The molecule has 2 unspecified atom stereocenters. The summed E-state index contributed by atoms with van der Waals surface area (Å²) in [7, 11) is 0. The van der Waals surface area contributed by atoms with Crippen LogP contribution in [0.25, 0.3) is 0 Å². The first-order valence-corrected chi connectivity index (χ1v) is 7.71. The summed E-state index contributed by atoms with van der Waals surface area (Å²) in [5, 5.41) is 14.6. The Hall–Kier alpha value is -2.04. The second kappa shape index (κ2) is 9.07. The van der Waals surface area contributed by atoms with Crippen molar-refractivity contribution in [2.45, 2.75) is 52.1 Å². The van der Waals surface area contributed by atoms with Gasteiger partial charge in [0, 0.05) is 18.5 Å². The van der Waals surface area contributed by atoms with Crippen molar-refractivity contribution in [1.82, 2.24) is 10.6 Å². The van der Waals surface area contributed by atoms with Crippen LogP contribution in [0.4, 0.5) is 4.79 Å². The SMILES string of the molecule is CC(C)C(C)NC(=O)NC(CCC(=O)O)Cc1ccccc1. The number of carbonyl (C=O) groups excluding carboxylic acids is 1. The van der Waals surface area contributed by atoms with Gasteiger partial charge in [-0.15, -0.1) is 0 Å². The molecule has 0 saturated heterocycles. The number of rotatable bonds is 8. The Labute approximate surface area is 132 Å². The number of nitrogens with one attached hydrogen (secondary N) is 2. The molecule has 2 atom stereocenters. The normalized spacial score (nSPS) is 13.5. The summed E-state index contributed by atoms with van der Waals surface area (Å²) in [6.07, 6.45) is 1.07. The van der Waals surface area contributed by atoms with Gasteiger partial charge in [-0.1, -0.05) is 44.2 Å². The van der Waals surface area contributed by atoms with Gasteiger partial charge >= 0.3 is 12.0 Å². The van der Waals surface area contributed by atoms with Crippen molar-refractivity contribution >= 4 is 12.0 Å². The minimum absolute atomic E-state index is 0.0392. The van der Waals surface area contributed by atoms with Crippen molar-refractivity contribution < 1.29 is 14.7 Å². The van der Waals surface area contributed by atoms with E-state index < -0.39 is 5.97 Å². The molecule has 0 saturated carbocycles. The lowest BCUT2D eigenvalue weighted by molar-refractivity contribution is -0.137. The van der Waals surface area contributed by atoms with Crippen molar-refractivity contribution in [2.75, 3.05) is 0 Å². The lowest BCUT2D eigenvalue weighted by Crippen LogP contribution is -2.47. The van der Waals surface area contributed by atoms with E-state index in [1.54, 1.807) is 0 Å². The fraction of sp³-hybridized carbons (Fsp3) is 0.529. The first kappa shape index (κ1) is 18.0. The maximum absolute atomic E-state index is 12.0. The highest BCUT2D eigenvalue weighted by Crippen LogP contribution is 2.08. The number of carbonyl (C=O) groups is 2. The van der Waals surface area contributed by atoms with Crippen LogP contribution in [0.15, 0.2) is 30.3 Å². The fourth-order valence-corrected chi connectivity index (χ4v) is 2.02. The molecule has 0 aromatic heterocycles. The average molecular weight is 306 g/mol. The van der Waals surface area contributed by atoms with Gasteiger partial charge in [0.25, 0.3) is 0 Å². The molecule has 1 rings (SSSR count). The molecule has 0 fully saturated rings. The highest BCUT2D eigenvalue weighted by atomic mass is 16.4. The fourth-order valence-electron chi connectivity index (χ4n) is 2.02. The van der Waals surface area contributed by atoms with Gasteiger partial charge in [0.1, 0.15) is 0 Å². The van der Waals surface area contributed by atoms with Crippen LogP contribution in [-0.4, -0.2) is 29.2 Å². The van der Waals surface area contributed by atoms with Crippen LogP contribution < -0.4 is 10.6 Å². The zero-order valence-electron chi connectivity index (χ0n) is 13.5. The predicted octanol–water partition coefficient (Wildman–Crippen LogP) is 2.81. The van der Waals surface area contributed by atoms with Crippen LogP contribution in [0.3, 0.4) is 0 Å². The monoisotopic (exact) mass is 306 g/mol. The number of hydrogen-bond donors (Lipinski definition) is 3. The summed E-state index contributed by atoms with van der Waals surface area (Å²) >= 11 is 0. The number of carboxylic acids is 1. The first-order valence-electron chi connectivity index (χ1n) is 7.71. The molecule has 122 valence electrons. The van der Waals surface area contributed by atoms with E-state index in [1.165, 1.54) is 0 Å². The standard InChI is InChI=1S/C17H26N2O3/c1-12(2)13(3)18-17(22)19-15(9-10-16(20)21)11-14-7-5-4-6-8-14/h4-8,12-13,15H,9-11H2,1-3H3,(H,20,21)(H2,18,19,22). The molecule has 0 bridgehead atoms. The average Bonchev–Trinajstić information content (AvgIpc) is 2.45. The Morgan fingerprint density at radius 3 is 2.27 bits per heavy atom. The summed E-state index contributed by atoms with van der Waals surface area (Å²) in [6.45, 7) is 6.03. The number of carboxylic acid groups (broad SMARTS) is 1. The van der Waals surface area contributed by atoms with E-state index >= 15 is 0 Å². The highest BCUT2D eigenvalue weighted by molar-refractivity contribution is 5.74. The molecule has 2 amide bonds. The third-order valence-corrected chi connectivity index (χ3v) is 3.73. The molecule has 0 radical (unpaired) electrons. The van der Waals surface area contributed by atoms with Crippen molar-refractivity contribution in [3.8, 4) is 0 Å². The van der Waals surface area contributed by atoms with Crippen molar-refractivity contribution in [3.63, 3.8) is 0 Å². The summed E-state index contributed by atoms with van der Waals surface area (Å²) < 4.78 is 0. The molecule has 0 aliphatic heterocycles. The zero-order chi connectivity index (χ0) is 16.5. The van der Waals surface area contributed by atoms with E-state index in [4.69, 9.17) is 5.11 Å². The first-order chi connectivity index (χ1) is 10.4. The van der Waals surface area contributed by atoms with Crippen molar-refractivity contribution in [2.24, 2.45) is 5.92 Å². The summed E-state index contributed by atoms with van der Waals surface area (Å²) in [5.41, 5.74) is 1.08. The van der Waals surface area contributed by atoms with Crippen molar-refractivity contribution in [3.05, 3.63) is 35.9 Å². The van der Waals surface area contributed by atoms with E-state index in [1.807, 2.05) is 51.1 Å². The maximum atomic E-state index is 12.0. The largest absolute Gasteiger partial charge is 0.481 e. The molecule has 0 spiro atoms. The van der Waals surface area contributed by atoms with E-state index in [0.29, 0.717) is 18.8 Å². The van der Waals surface area contributed by atoms with Gasteiger partial charge < -0.3 is 15.7 Å². The van der Waals surface area contributed by atoms with Gasteiger partial charge in [-0.2, -0.15) is 0 Å². The van der Waals surface area contributed by atoms with Gasteiger partial charge in [0.05, 0.1) is 0 Å². The third-order valence-electron chi connectivity index (χ3n) is 3.73. The lowest BCUT2D eigenvalue weighted by Gasteiger charge is -2.22. The van der Waals surface area contributed by atoms with Crippen LogP contribution in [0, 0.1) is 5.92 Å². The number of hydrogen-bond acceptors (Lipinski definition) is 2. The smallest absolute Gasteiger partial charge is 0.315 e. The molecular formula is C17H26N2O3. The van der Waals surface area contributed by atoms with Gasteiger partial charge in [0.15, 0.2) is 0 Å². The van der Waals surface area contributed by atoms with Crippen LogP contribution in [-0.2, 0) is 11.2 Å². The number of urea groups is 1. The second-order valence-electron chi connectivity index (χ2n) is 5.97. The van der Waals surface area contributed by atoms with E-state index in [2.05, 4.69) is 10.6 Å². The maximum Gasteiger partial charge on any atom is 0.315 e. The Bertz CT molecular complexity index is 474. The van der Waals surface area contributed by atoms with Crippen LogP contribution in [0.5, 0.6) is 0 Å². The number of aliphatic carboxylic acids is 1. The Morgan fingerprint density at radius 2 is 1.73 bits per heavy atom.